The summed E-state index contributed by atoms with van der Waals surface area (Å²) in [4.78, 5) is 29.4. The summed E-state index contributed by atoms with van der Waals surface area (Å²) in [6, 6.07) is 22.9. The first-order chi connectivity index (χ1) is 17.0. The summed E-state index contributed by atoms with van der Waals surface area (Å²) in [5.74, 6) is 0.0603. The molecule has 0 spiro atoms. The Bertz CT molecular complexity index is 1120. The van der Waals surface area contributed by atoms with Crippen LogP contribution in [0.3, 0.4) is 0 Å². The topological polar surface area (TPSA) is 58.6 Å². The number of benzene rings is 3. The molecule has 1 aliphatic carbocycles. The summed E-state index contributed by atoms with van der Waals surface area (Å²) in [5, 5.41) is 3.05. The van der Waals surface area contributed by atoms with Crippen molar-refractivity contribution >= 4 is 17.5 Å². The molecular formula is C29H31FN2O3. The highest BCUT2D eigenvalue weighted by Gasteiger charge is 2.46. The number of anilines is 1. The van der Waals surface area contributed by atoms with E-state index in [1.165, 1.54) is 12.1 Å². The Balaban J connectivity index is 1.67. The van der Waals surface area contributed by atoms with Gasteiger partial charge in [-0.1, -0.05) is 61.7 Å². The third-order valence-electron chi connectivity index (χ3n) is 6.72. The fourth-order valence-corrected chi connectivity index (χ4v) is 4.79. The molecule has 1 aliphatic rings. The summed E-state index contributed by atoms with van der Waals surface area (Å²) >= 11 is 0. The number of rotatable bonds is 8. The molecule has 4 rings (SSSR count). The largest absolute Gasteiger partial charge is 0.497 e. The molecule has 1 saturated carbocycles. The van der Waals surface area contributed by atoms with Gasteiger partial charge in [0.2, 0.25) is 11.8 Å². The van der Waals surface area contributed by atoms with E-state index in [-0.39, 0.29) is 30.6 Å². The second-order valence-corrected chi connectivity index (χ2v) is 9.04. The van der Waals surface area contributed by atoms with Crippen LogP contribution < -0.4 is 10.1 Å². The summed E-state index contributed by atoms with van der Waals surface area (Å²) in [5.41, 5.74) is 1.34. The molecule has 1 fully saturated rings. The minimum absolute atomic E-state index is 0.118. The Morgan fingerprint density at radius 3 is 2.17 bits per heavy atom. The van der Waals surface area contributed by atoms with Gasteiger partial charge in [-0.15, -0.1) is 0 Å². The molecule has 0 atom stereocenters. The number of methoxy groups -OCH3 is 1. The van der Waals surface area contributed by atoms with Crippen LogP contribution in [0, 0.1) is 5.82 Å². The molecule has 3 aromatic rings. The van der Waals surface area contributed by atoms with E-state index in [2.05, 4.69) is 5.32 Å². The predicted molar refractivity (Wildman–Crippen MR) is 135 cm³/mol. The summed E-state index contributed by atoms with van der Waals surface area (Å²) < 4.78 is 18.8. The molecule has 0 heterocycles. The SMILES string of the molecule is COc1ccc(NC(=O)C2(N(Cc3ccc(F)cc3)C(=O)Cc3ccccc3)CCCCC2)cc1. The van der Waals surface area contributed by atoms with E-state index in [1.54, 1.807) is 48.4 Å². The van der Waals surface area contributed by atoms with Crippen molar-refractivity contribution in [2.45, 2.75) is 50.6 Å². The predicted octanol–water partition coefficient (Wildman–Crippen LogP) is 5.75. The van der Waals surface area contributed by atoms with Crippen molar-refractivity contribution in [2.75, 3.05) is 12.4 Å². The Kier molecular flexibility index (Phi) is 7.80. The lowest BCUT2D eigenvalue weighted by Gasteiger charge is -2.45. The van der Waals surface area contributed by atoms with E-state index in [9.17, 15) is 14.0 Å². The van der Waals surface area contributed by atoms with Gasteiger partial charge in [-0.05, 0) is 60.4 Å². The van der Waals surface area contributed by atoms with Crippen LogP contribution in [0.2, 0.25) is 0 Å². The highest BCUT2D eigenvalue weighted by atomic mass is 19.1. The maximum atomic E-state index is 13.9. The third-order valence-corrected chi connectivity index (χ3v) is 6.72. The van der Waals surface area contributed by atoms with Crippen molar-refractivity contribution in [3.05, 3.63) is 95.8 Å². The molecule has 0 aromatic heterocycles. The zero-order valence-electron chi connectivity index (χ0n) is 20.0. The lowest BCUT2D eigenvalue weighted by molar-refractivity contribution is -0.148. The third kappa shape index (κ3) is 5.88. The van der Waals surface area contributed by atoms with Crippen molar-refractivity contribution in [1.29, 1.82) is 0 Å². The first-order valence-electron chi connectivity index (χ1n) is 12.0. The molecule has 35 heavy (non-hydrogen) atoms. The summed E-state index contributed by atoms with van der Waals surface area (Å²) in [6.45, 7) is 0.238. The Hall–Kier alpha value is -3.67. The minimum Gasteiger partial charge on any atom is -0.497 e. The fraction of sp³-hybridized carbons (Fsp3) is 0.310. The van der Waals surface area contributed by atoms with Crippen LogP contribution in [0.1, 0.15) is 43.2 Å². The molecule has 5 nitrogen and oxygen atoms in total. The maximum Gasteiger partial charge on any atom is 0.250 e. The number of carbonyl (C=O) groups is 2. The van der Waals surface area contributed by atoms with Gasteiger partial charge < -0.3 is 15.0 Å². The standard InChI is InChI=1S/C29H31FN2O3/c1-35-26-16-14-25(15-17-26)31-28(34)29(18-6-3-7-19-29)32(21-23-10-12-24(30)13-11-23)27(33)20-22-8-4-2-5-9-22/h2,4-5,8-17H,3,6-7,18-21H2,1H3,(H,31,34). The second-order valence-electron chi connectivity index (χ2n) is 9.04. The van der Waals surface area contributed by atoms with E-state index in [4.69, 9.17) is 4.74 Å². The molecule has 0 radical (unpaired) electrons. The van der Waals surface area contributed by atoms with Gasteiger partial charge in [0.15, 0.2) is 0 Å². The fourth-order valence-electron chi connectivity index (χ4n) is 4.79. The molecule has 0 aliphatic heterocycles. The summed E-state index contributed by atoms with van der Waals surface area (Å²) in [7, 11) is 1.59. The maximum absolute atomic E-state index is 13.9. The van der Waals surface area contributed by atoms with E-state index >= 15 is 0 Å². The van der Waals surface area contributed by atoms with Gasteiger partial charge in [-0.2, -0.15) is 0 Å². The summed E-state index contributed by atoms with van der Waals surface area (Å²) in [6.07, 6.45) is 4.09. The lowest BCUT2D eigenvalue weighted by Crippen LogP contribution is -2.60. The van der Waals surface area contributed by atoms with E-state index in [1.807, 2.05) is 30.3 Å². The monoisotopic (exact) mass is 474 g/mol. The second kappa shape index (κ2) is 11.2. The van der Waals surface area contributed by atoms with Crippen LogP contribution >= 0.6 is 0 Å². The molecule has 2 amide bonds. The van der Waals surface area contributed by atoms with Crippen molar-refractivity contribution in [1.82, 2.24) is 4.90 Å². The molecule has 3 aromatic carbocycles. The van der Waals surface area contributed by atoms with E-state index in [0.29, 0.717) is 24.3 Å². The van der Waals surface area contributed by atoms with Gasteiger partial charge >= 0.3 is 0 Å². The molecule has 0 saturated heterocycles. The van der Waals surface area contributed by atoms with Crippen molar-refractivity contribution in [3.63, 3.8) is 0 Å². The molecule has 0 bridgehead atoms. The van der Waals surface area contributed by atoms with Crippen LogP contribution in [-0.2, 0) is 22.6 Å². The molecule has 182 valence electrons. The van der Waals surface area contributed by atoms with Crippen LogP contribution in [0.5, 0.6) is 5.75 Å². The Labute approximate surface area is 205 Å². The van der Waals surface area contributed by atoms with Crippen LogP contribution in [0.15, 0.2) is 78.9 Å². The zero-order chi connectivity index (χ0) is 24.7. The van der Waals surface area contributed by atoms with E-state index in [0.717, 1.165) is 30.4 Å². The number of hydrogen-bond donors (Lipinski definition) is 1. The number of carbonyl (C=O) groups excluding carboxylic acids is 2. The average Bonchev–Trinajstić information content (AvgIpc) is 2.89. The smallest absolute Gasteiger partial charge is 0.250 e. The van der Waals surface area contributed by atoms with Crippen molar-refractivity contribution < 1.29 is 18.7 Å². The van der Waals surface area contributed by atoms with Crippen LogP contribution in [0.4, 0.5) is 10.1 Å². The average molecular weight is 475 g/mol. The van der Waals surface area contributed by atoms with Gasteiger partial charge in [0, 0.05) is 12.2 Å². The van der Waals surface area contributed by atoms with Crippen LogP contribution in [0.25, 0.3) is 0 Å². The number of ether oxygens (including phenoxy) is 1. The molecule has 6 heteroatoms. The van der Waals surface area contributed by atoms with Gasteiger partial charge in [0.05, 0.1) is 13.5 Å². The molecular weight excluding hydrogens is 443 g/mol. The molecule has 1 N–H and O–H groups in total. The van der Waals surface area contributed by atoms with Gasteiger partial charge in [-0.3, -0.25) is 9.59 Å². The zero-order valence-corrected chi connectivity index (χ0v) is 20.0. The highest BCUT2D eigenvalue weighted by molar-refractivity contribution is 6.01. The number of nitrogens with one attached hydrogen (secondary N) is 1. The first-order valence-corrected chi connectivity index (χ1v) is 12.0. The van der Waals surface area contributed by atoms with Gasteiger partial charge in [0.1, 0.15) is 17.1 Å². The number of halogens is 1. The highest BCUT2D eigenvalue weighted by Crippen LogP contribution is 2.37. The number of hydrogen-bond acceptors (Lipinski definition) is 3. The van der Waals surface area contributed by atoms with Gasteiger partial charge in [-0.25, -0.2) is 4.39 Å². The van der Waals surface area contributed by atoms with E-state index < -0.39 is 5.54 Å². The first kappa shape index (κ1) is 24.5. The number of nitrogens with zero attached hydrogens (tertiary/aromatic N) is 1. The Morgan fingerprint density at radius 2 is 1.54 bits per heavy atom. The van der Waals surface area contributed by atoms with Crippen LogP contribution in [-0.4, -0.2) is 29.4 Å². The normalized spacial score (nSPS) is 14.7. The molecule has 0 unspecified atom stereocenters. The number of amides is 2. The Morgan fingerprint density at radius 1 is 0.886 bits per heavy atom. The van der Waals surface area contributed by atoms with Crippen molar-refractivity contribution in [2.24, 2.45) is 0 Å². The lowest BCUT2D eigenvalue weighted by atomic mass is 9.78. The van der Waals surface area contributed by atoms with Gasteiger partial charge in [0.25, 0.3) is 0 Å². The minimum atomic E-state index is -0.988. The quantitative estimate of drug-likeness (QED) is 0.452. The van der Waals surface area contributed by atoms with Crippen molar-refractivity contribution in [3.8, 4) is 5.75 Å².